The van der Waals surface area contributed by atoms with E-state index in [1.807, 2.05) is 6.92 Å². The predicted molar refractivity (Wildman–Crippen MR) is 40.1 cm³/mol. The second-order valence-electron chi connectivity index (χ2n) is 2.05. The van der Waals surface area contributed by atoms with Crippen molar-refractivity contribution in [2.45, 2.75) is 19.4 Å². The molecule has 0 radical (unpaired) electrons. The van der Waals surface area contributed by atoms with Crippen molar-refractivity contribution < 1.29 is 0 Å². The first-order chi connectivity index (χ1) is 4.16. The lowest BCUT2D eigenvalue weighted by atomic mass is 10.2. The smallest absolute Gasteiger partial charge is 0.0279 e. The highest BCUT2D eigenvalue weighted by molar-refractivity contribution is 5.23. The van der Waals surface area contributed by atoms with Crippen LogP contribution < -0.4 is 11.2 Å². The second-order valence-corrected chi connectivity index (χ2v) is 2.05. The topological polar surface area (TPSA) is 50.4 Å². The molecule has 1 atom stereocenters. The highest BCUT2D eigenvalue weighted by Crippen LogP contribution is 1.94. The molecular weight excluding hydrogens is 114 g/mol. The Bertz CT molecular complexity index is 107. The van der Waals surface area contributed by atoms with Crippen molar-refractivity contribution in [3.8, 4) is 0 Å². The number of hydrogen-bond acceptors (Lipinski definition) is 3. The Balaban J connectivity index is 3.38. The van der Waals surface area contributed by atoms with Gasteiger partial charge in [0.1, 0.15) is 0 Å². The van der Waals surface area contributed by atoms with E-state index in [-0.39, 0.29) is 6.04 Å². The molecular formula is C6H13N3. The predicted octanol–water partition coefficient (Wildman–Crippen LogP) is 0.443. The second kappa shape index (κ2) is 4.09. The summed E-state index contributed by atoms with van der Waals surface area (Å²) in [5.74, 6) is 0. The zero-order valence-electron chi connectivity index (χ0n) is 5.72. The monoisotopic (exact) mass is 127 g/mol. The summed E-state index contributed by atoms with van der Waals surface area (Å²) in [6.07, 6.45) is 0.735. The summed E-state index contributed by atoms with van der Waals surface area (Å²) in [6, 6.07) is 0.131. The van der Waals surface area contributed by atoms with E-state index in [2.05, 4.69) is 23.8 Å². The molecule has 0 bridgehead atoms. The fourth-order valence-corrected chi connectivity index (χ4v) is 0.546. The molecule has 0 amide bonds. The molecule has 0 spiro atoms. The molecule has 3 nitrogen and oxygen atoms in total. The van der Waals surface area contributed by atoms with Gasteiger partial charge >= 0.3 is 0 Å². The van der Waals surface area contributed by atoms with Crippen LogP contribution in [0, 0.1) is 0 Å². The minimum atomic E-state index is 0.131. The van der Waals surface area contributed by atoms with E-state index in [9.17, 15) is 0 Å². The van der Waals surface area contributed by atoms with Crippen LogP contribution in [0.4, 0.5) is 0 Å². The van der Waals surface area contributed by atoms with Crippen LogP contribution in [-0.2, 0) is 0 Å². The summed E-state index contributed by atoms with van der Waals surface area (Å²) < 4.78 is 0. The Hall–Kier alpha value is -0.830. The highest BCUT2D eigenvalue weighted by Gasteiger charge is 1.95. The summed E-state index contributed by atoms with van der Waals surface area (Å²) in [5, 5.41) is 3.43. The molecule has 0 fully saturated rings. The largest absolute Gasteiger partial charge is 0.328 e. The van der Waals surface area contributed by atoms with Gasteiger partial charge in [0.2, 0.25) is 0 Å². The number of hydrogen-bond donors (Lipinski definition) is 2. The molecule has 9 heavy (non-hydrogen) atoms. The summed E-state index contributed by atoms with van der Waals surface area (Å²) >= 11 is 0. The van der Waals surface area contributed by atoms with Gasteiger partial charge in [-0.25, -0.2) is 0 Å². The Morgan fingerprint density at radius 3 is 2.78 bits per heavy atom. The molecule has 0 aliphatic rings. The molecule has 0 aliphatic heterocycles. The first-order valence-corrected chi connectivity index (χ1v) is 2.82. The Labute approximate surface area is 55.6 Å². The van der Waals surface area contributed by atoms with Gasteiger partial charge in [-0.3, -0.25) is 5.43 Å². The van der Waals surface area contributed by atoms with Crippen molar-refractivity contribution >= 4 is 6.72 Å². The van der Waals surface area contributed by atoms with Gasteiger partial charge in [0, 0.05) is 24.9 Å². The minimum absolute atomic E-state index is 0.131. The third-order valence-corrected chi connectivity index (χ3v) is 0.806. The molecule has 3 N–H and O–H groups in total. The summed E-state index contributed by atoms with van der Waals surface area (Å²) in [4.78, 5) is 0. The Kier molecular flexibility index (Phi) is 3.71. The van der Waals surface area contributed by atoms with Gasteiger partial charge in [0.05, 0.1) is 0 Å². The molecule has 0 rings (SSSR count). The van der Waals surface area contributed by atoms with Crippen molar-refractivity contribution in [1.82, 2.24) is 5.43 Å². The van der Waals surface area contributed by atoms with Gasteiger partial charge in [0.15, 0.2) is 0 Å². The average Bonchev–Trinajstić information content (AvgIpc) is 1.63. The summed E-state index contributed by atoms with van der Waals surface area (Å²) in [6.45, 7) is 8.82. The van der Waals surface area contributed by atoms with Crippen molar-refractivity contribution in [3.05, 3.63) is 12.3 Å². The van der Waals surface area contributed by atoms with Gasteiger partial charge in [-0.05, 0) is 6.92 Å². The Morgan fingerprint density at radius 2 is 2.44 bits per heavy atom. The van der Waals surface area contributed by atoms with Crippen LogP contribution in [-0.4, -0.2) is 12.8 Å². The van der Waals surface area contributed by atoms with Crippen LogP contribution in [0.25, 0.3) is 0 Å². The van der Waals surface area contributed by atoms with Crippen LogP contribution >= 0.6 is 0 Å². The van der Waals surface area contributed by atoms with Crippen molar-refractivity contribution in [3.63, 3.8) is 0 Å². The molecule has 0 aromatic carbocycles. The van der Waals surface area contributed by atoms with Crippen LogP contribution in [0.5, 0.6) is 0 Å². The molecule has 1 unspecified atom stereocenters. The van der Waals surface area contributed by atoms with E-state index >= 15 is 0 Å². The molecule has 0 aliphatic carbocycles. The quantitative estimate of drug-likeness (QED) is 0.425. The third kappa shape index (κ3) is 5.03. The molecule has 0 aromatic rings. The zero-order valence-corrected chi connectivity index (χ0v) is 5.72. The zero-order chi connectivity index (χ0) is 7.28. The minimum Gasteiger partial charge on any atom is -0.328 e. The van der Waals surface area contributed by atoms with E-state index in [1.54, 1.807) is 0 Å². The normalized spacial score (nSPS) is 12.2. The van der Waals surface area contributed by atoms with Gasteiger partial charge < -0.3 is 5.73 Å². The fraction of sp³-hybridized carbons (Fsp3) is 0.500. The van der Waals surface area contributed by atoms with Crippen LogP contribution in [0.2, 0.25) is 0 Å². The SMILES string of the molecule is C=NNC(=C)CC(C)N. The lowest BCUT2D eigenvalue weighted by Crippen LogP contribution is -2.18. The molecule has 3 heteroatoms. The number of hydrazone groups is 1. The van der Waals surface area contributed by atoms with E-state index in [4.69, 9.17) is 5.73 Å². The van der Waals surface area contributed by atoms with Gasteiger partial charge in [-0.1, -0.05) is 6.58 Å². The standard InChI is InChI=1S/C6H13N3/c1-5(7)4-6(2)9-8-3/h5,9H,2-4,7H2,1H3. The number of nitrogens with zero attached hydrogens (tertiary/aromatic N) is 1. The van der Waals surface area contributed by atoms with Gasteiger partial charge in [-0.2, -0.15) is 5.10 Å². The maximum absolute atomic E-state index is 5.46. The van der Waals surface area contributed by atoms with Crippen molar-refractivity contribution in [2.75, 3.05) is 0 Å². The van der Waals surface area contributed by atoms with Crippen molar-refractivity contribution in [1.29, 1.82) is 0 Å². The molecule has 0 heterocycles. The summed E-state index contributed by atoms with van der Waals surface area (Å²) in [5.41, 5.74) is 8.88. The molecule has 0 saturated carbocycles. The number of nitrogens with one attached hydrogen (secondary N) is 1. The number of nitrogens with two attached hydrogens (primary N) is 1. The average molecular weight is 127 g/mol. The van der Waals surface area contributed by atoms with Crippen LogP contribution in [0.3, 0.4) is 0 Å². The molecule has 0 saturated heterocycles. The van der Waals surface area contributed by atoms with Crippen molar-refractivity contribution in [2.24, 2.45) is 10.8 Å². The van der Waals surface area contributed by atoms with Crippen LogP contribution in [0.15, 0.2) is 17.4 Å². The van der Waals surface area contributed by atoms with E-state index in [0.29, 0.717) is 0 Å². The first kappa shape index (κ1) is 8.17. The first-order valence-electron chi connectivity index (χ1n) is 2.82. The summed E-state index contributed by atoms with van der Waals surface area (Å²) in [7, 11) is 0. The van der Waals surface area contributed by atoms with Gasteiger partial charge in [0.25, 0.3) is 0 Å². The fourth-order valence-electron chi connectivity index (χ4n) is 0.546. The van der Waals surface area contributed by atoms with Crippen LogP contribution in [0.1, 0.15) is 13.3 Å². The maximum Gasteiger partial charge on any atom is 0.0279 e. The highest BCUT2D eigenvalue weighted by atomic mass is 15.3. The lowest BCUT2D eigenvalue weighted by molar-refractivity contribution is 0.685. The lowest BCUT2D eigenvalue weighted by Gasteiger charge is -2.05. The number of rotatable bonds is 4. The molecule has 52 valence electrons. The van der Waals surface area contributed by atoms with E-state index in [1.165, 1.54) is 0 Å². The van der Waals surface area contributed by atoms with Gasteiger partial charge in [-0.15, -0.1) is 0 Å². The Morgan fingerprint density at radius 1 is 1.89 bits per heavy atom. The molecule has 0 aromatic heterocycles. The maximum atomic E-state index is 5.46. The van der Waals surface area contributed by atoms with E-state index < -0.39 is 0 Å². The third-order valence-electron chi connectivity index (χ3n) is 0.806. The van der Waals surface area contributed by atoms with E-state index in [0.717, 1.165) is 12.1 Å².